The number of benzene rings is 1. The van der Waals surface area contributed by atoms with Crippen molar-refractivity contribution in [2.45, 2.75) is 11.4 Å². The number of nitrogens with zero attached hydrogens (tertiary/aromatic N) is 2. The number of para-hydroxylation sites is 2. The molecule has 140 valence electrons. The van der Waals surface area contributed by atoms with Gasteiger partial charge in [0, 0.05) is 32.9 Å². The minimum atomic E-state index is -3.84. The van der Waals surface area contributed by atoms with E-state index in [-0.39, 0.29) is 10.8 Å². The van der Waals surface area contributed by atoms with Crippen molar-refractivity contribution in [2.24, 2.45) is 0 Å². The van der Waals surface area contributed by atoms with Gasteiger partial charge in [0.1, 0.15) is 16.3 Å². The highest BCUT2D eigenvalue weighted by molar-refractivity contribution is 7.92. The van der Waals surface area contributed by atoms with E-state index in [0.717, 1.165) is 0 Å². The molecule has 0 saturated carbocycles. The fourth-order valence-electron chi connectivity index (χ4n) is 2.83. The summed E-state index contributed by atoms with van der Waals surface area (Å²) >= 11 is 0. The molecule has 2 aromatic rings. The monoisotopic (exact) mass is 379 g/mol. The van der Waals surface area contributed by atoms with Gasteiger partial charge < -0.3 is 18.9 Å². The number of carbonyl (C=O) groups is 1. The number of sulfonamides is 1. The molecule has 0 bridgehead atoms. The highest BCUT2D eigenvalue weighted by atomic mass is 32.2. The van der Waals surface area contributed by atoms with E-state index in [9.17, 15) is 13.2 Å². The van der Waals surface area contributed by atoms with Crippen molar-refractivity contribution in [1.82, 2.24) is 9.47 Å². The Labute approximate surface area is 152 Å². The molecule has 1 aromatic heterocycles. The predicted octanol–water partition coefficient (Wildman–Crippen LogP) is 1.40. The average Bonchev–Trinajstić information content (AvgIpc) is 3.07. The minimum Gasteiger partial charge on any atom is -0.495 e. The Morgan fingerprint density at radius 1 is 1.19 bits per heavy atom. The molecule has 2 heterocycles. The highest BCUT2D eigenvalue weighted by Crippen LogP contribution is 2.27. The number of hydrogen-bond acceptors (Lipinski definition) is 5. The first-order valence-electron chi connectivity index (χ1n) is 8.10. The largest absolute Gasteiger partial charge is 0.495 e. The summed E-state index contributed by atoms with van der Waals surface area (Å²) in [6, 6.07) is 8.15. The van der Waals surface area contributed by atoms with Crippen molar-refractivity contribution in [3.63, 3.8) is 0 Å². The van der Waals surface area contributed by atoms with Crippen molar-refractivity contribution < 1.29 is 22.7 Å². The van der Waals surface area contributed by atoms with Crippen LogP contribution >= 0.6 is 0 Å². The van der Waals surface area contributed by atoms with Gasteiger partial charge in [-0.3, -0.25) is 9.52 Å². The number of fused-ring (bicyclic) bond motifs is 1. The van der Waals surface area contributed by atoms with Gasteiger partial charge in [-0.2, -0.15) is 0 Å². The first-order chi connectivity index (χ1) is 12.5. The number of rotatable bonds is 7. The second kappa shape index (κ2) is 7.38. The Balaban J connectivity index is 1.86. The van der Waals surface area contributed by atoms with Crippen molar-refractivity contribution >= 4 is 21.6 Å². The predicted molar refractivity (Wildman–Crippen MR) is 96.0 cm³/mol. The van der Waals surface area contributed by atoms with Crippen molar-refractivity contribution in [1.29, 1.82) is 0 Å². The third-order valence-electron chi connectivity index (χ3n) is 4.22. The van der Waals surface area contributed by atoms with Crippen LogP contribution in [0.3, 0.4) is 0 Å². The summed E-state index contributed by atoms with van der Waals surface area (Å²) in [5, 5.41) is 0. The third-order valence-corrected chi connectivity index (χ3v) is 5.55. The van der Waals surface area contributed by atoms with E-state index in [4.69, 9.17) is 9.47 Å². The molecular weight excluding hydrogens is 358 g/mol. The second-order valence-corrected chi connectivity index (χ2v) is 7.53. The van der Waals surface area contributed by atoms with E-state index in [1.807, 2.05) is 0 Å². The number of aromatic nitrogens is 1. The molecule has 8 nitrogen and oxygen atoms in total. The molecule has 0 radical (unpaired) electrons. The topological polar surface area (TPSA) is 89.9 Å². The molecule has 1 amide bonds. The van der Waals surface area contributed by atoms with Crippen LogP contribution in [0.4, 0.5) is 5.69 Å². The van der Waals surface area contributed by atoms with Crippen LogP contribution in [0, 0.1) is 0 Å². The summed E-state index contributed by atoms with van der Waals surface area (Å²) in [6.07, 6.45) is 1.48. The van der Waals surface area contributed by atoms with Crippen LogP contribution in [0.15, 0.2) is 41.4 Å². The maximum atomic E-state index is 12.7. The molecule has 1 aromatic carbocycles. The van der Waals surface area contributed by atoms with Gasteiger partial charge in [0.05, 0.1) is 19.4 Å². The highest BCUT2D eigenvalue weighted by Gasteiger charge is 2.28. The zero-order chi connectivity index (χ0) is 18.7. The molecule has 1 N–H and O–H groups in total. The van der Waals surface area contributed by atoms with Gasteiger partial charge in [0.15, 0.2) is 0 Å². The number of carbonyl (C=O) groups excluding carboxylic acids is 1. The van der Waals surface area contributed by atoms with Crippen LogP contribution in [-0.2, 0) is 21.3 Å². The van der Waals surface area contributed by atoms with Crippen molar-refractivity contribution in [3.05, 3.63) is 42.2 Å². The lowest BCUT2D eigenvalue weighted by molar-refractivity contribution is 0.0641. The van der Waals surface area contributed by atoms with E-state index < -0.39 is 10.0 Å². The zero-order valence-corrected chi connectivity index (χ0v) is 15.5. The lowest BCUT2D eigenvalue weighted by atomic mass is 10.3. The summed E-state index contributed by atoms with van der Waals surface area (Å²) in [6.45, 7) is 1.97. The number of methoxy groups -OCH3 is 2. The molecule has 0 aliphatic carbocycles. The van der Waals surface area contributed by atoms with Gasteiger partial charge >= 0.3 is 0 Å². The van der Waals surface area contributed by atoms with Crippen molar-refractivity contribution in [3.8, 4) is 5.75 Å². The fraction of sp³-hybridized carbons (Fsp3) is 0.353. The summed E-state index contributed by atoms with van der Waals surface area (Å²) in [4.78, 5) is 14.2. The molecule has 0 saturated heterocycles. The fourth-order valence-corrected chi connectivity index (χ4v) is 3.94. The molecule has 9 heteroatoms. The minimum absolute atomic E-state index is 0.0420. The molecule has 1 aliphatic rings. The van der Waals surface area contributed by atoms with E-state index in [0.29, 0.717) is 43.4 Å². The Morgan fingerprint density at radius 2 is 1.96 bits per heavy atom. The van der Waals surface area contributed by atoms with Gasteiger partial charge in [-0.05, 0) is 18.2 Å². The number of anilines is 1. The lowest BCUT2D eigenvalue weighted by Gasteiger charge is -2.27. The van der Waals surface area contributed by atoms with Crippen LogP contribution in [0.25, 0.3) is 0 Å². The van der Waals surface area contributed by atoms with Gasteiger partial charge in [-0.1, -0.05) is 12.1 Å². The molecule has 1 aliphatic heterocycles. The Morgan fingerprint density at radius 3 is 2.69 bits per heavy atom. The first kappa shape index (κ1) is 18.3. The molecule has 0 unspecified atom stereocenters. The standard InChI is InChI=1S/C17H21N3O5S/c1-24-10-9-19-7-8-20-12-13(11-15(20)17(19)21)26(22,23)18-14-5-3-4-6-16(14)25-2/h3-6,11-12,18H,7-10H2,1-2H3. The van der Waals surface area contributed by atoms with E-state index in [1.165, 1.54) is 19.4 Å². The normalized spacial score (nSPS) is 14.2. The maximum Gasteiger partial charge on any atom is 0.270 e. The number of nitrogens with one attached hydrogen (secondary N) is 1. The third kappa shape index (κ3) is 3.54. The first-order valence-corrected chi connectivity index (χ1v) is 9.59. The van der Waals surface area contributed by atoms with Gasteiger partial charge in [0.2, 0.25) is 0 Å². The van der Waals surface area contributed by atoms with E-state index in [2.05, 4.69) is 4.72 Å². The van der Waals surface area contributed by atoms with E-state index in [1.54, 1.807) is 40.8 Å². The van der Waals surface area contributed by atoms with Crippen LogP contribution < -0.4 is 9.46 Å². The van der Waals surface area contributed by atoms with Crippen LogP contribution in [0.5, 0.6) is 5.75 Å². The maximum absolute atomic E-state index is 12.7. The van der Waals surface area contributed by atoms with Crippen LogP contribution in [0.2, 0.25) is 0 Å². The van der Waals surface area contributed by atoms with E-state index >= 15 is 0 Å². The molecular formula is C17H21N3O5S. The molecule has 0 spiro atoms. The summed E-state index contributed by atoms with van der Waals surface area (Å²) in [7, 11) is -0.800. The number of ether oxygens (including phenoxy) is 2. The Kier molecular flexibility index (Phi) is 5.19. The number of hydrogen-bond donors (Lipinski definition) is 1. The molecule has 0 fully saturated rings. The van der Waals surface area contributed by atoms with Gasteiger partial charge in [0.25, 0.3) is 15.9 Å². The number of amides is 1. The molecule has 0 atom stereocenters. The van der Waals surface area contributed by atoms with Gasteiger partial charge in [-0.25, -0.2) is 8.42 Å². The van der Waals surface area contributed by atoms with Crippen LogP contribution in [0.1, 0.15) is 10.5 Å². The zero-order valence-electron chi connectivity index (χ0n) is 14.6. The summed E-state index contributed by atoms with van der Waals surface area (Å²) in [5.74, 6) is 0.217. The summed E-state index contributed by atoms with van der Waals surface area (Å²) < 4.78 is 39.8. The summed E-state index contributed by atoms with van der Waals surface area (Å²) in [5.41, 5.74) is 0.694. The quantitative estimate of drug-likeness (QED) is 0.785. The molecule has 26 heavy (non-hydrogen) atoms. The molecule has 3 rings (SSSR count). The Hall–Kier alpha value is -2.52. The second-order valence-electron chi connectivity index (χ2n) is 5.85. The Bertz CT molecular complexity index is 907. The van der Waals surface area contributed by atoms with Crippen molar-refractivity contribution in [2.75, 3.05) is 38.6 Å². The SMILES string of the molecule is COCCN1CCn2cc(S(=O)(=O)Nc3ccccc3OC)cc2C1=O. The average molecular weight is 379 g/mol. The lowest BCUT2D eigenvalue weighted by Crippen LogP contribution is -2.41. The van der Waals surface area contributed by atoms with Gasteiger partial charge in [-0.15, -0.1) is 0 Å². The van der Waals surface area contributed by atoms with Crippen LogP contribution in [-0.4, -0.2) is 57.7 Å². The smallest absolute Gasteiger partial charge is 0.270 e.